The van der Waals surface area contributed by atoms with Crippen molar-refractivity contribution < 1.29 is 0 Å². The van der Waals surface area contributed by atoms with Gasteiger partial charge in [-0.3, -0.25) is 0 Å². The van der Waals surface area contributed by atoms with E-state index in [0.717, 1.165) is 24.7 Å². The van der Waals surface area contributed by atoms with Crippen molar-refractivity contribution in [1.29, 1.82) is 0 Å². The molecule has 1 aromatic carbocycles. The van der Waals surface area contributed by atoms with Crippen LogP contribution in [0.15, 0.2) is 36.4 Å². The molecule has 1 fully saturated rings. The van der Waals surface area contributed by atoms with Crippen molar-refractivity contribution in [2.24, 2.45) is 11.8 Å². The maximum absolute atomic E-state index is 2.42. The van der Waals surface area contributed by atoms with Gasteiger partial charge in [0.15, 0.2) is 0 Å². The minimum absolute atomic E-state index is 0.955. The van der Waals surface area contributed by atoms with Gasteiger partial charge in [0.05, 0.1) is 0 Å². The Morgan fingerprint density at radius 1 is 0.850 bits per heavy atom. The van der Waals surface area contributed by atoms with Crippen LogP contribution in [0.2, 0.25) is 0 Å². The third kappa shape index (κ3) is 4.81. The molecule has 0 atom stereocenters. The van der Waals surface area contributed by atoms with Crippen LogP contribution < -0.4 is 0 Å². The van der Waals surface area contributed by atoms with E-state index in [0.29, 0.717) is 0 Å². The van der Waals surface area contributed by atoms with Crippen LogP contribution in [-0.2, 0) is 12.8 Å². The molecule has 0 amide bonds. The molecule has 1 aliphatic rings. The van der Waals surface area contributed by atoms with Gasteiger partial charge in [-0.15, -0.1) is 0 Å². The molecule has 1 saturated carbocycles. The molecule has 0 heterocycles. The molecule has 0 aliphatic heterocycles. The zero-order valence-electron chi connectivity index (χ0n) is 13.3. The monoisotopic (exact) mass is 270 g/mol. The lowest BCUT2D eigenvalue weighted by molar-refractivity contribution is 0.271. The number of rotatable bonds is 6. The fourth-order valence-electron chi connectivity index (χ4n) is 3.29. The van der Waals surface area contributed by atoms with Crippen LogP contribution in [0.1, 0.15) is 63.5 Å². The summed E-state index contributed by atoms with van der Waals surface area (Å²) in [5.74, 6) is 1.98. The Balaban J connectivity index is 1.68. The van der Waals surface area contributed by atoms with Crippen LogP contribution in [0.25, 0.3) is 0 Å². The minimum atomic E-state index is 0.955. The molecule has 0 nitrogen and oxygen atoms in total. The summed E-state index contributed by atoms with van der Waals surface area (Å²) in [6.07, 6.45) is 15.5. The molecule has 20 heavy (non-hydrogen) atoms. The summed E-state index contributed by atoms with van der Waals surface area (Å²) in [5, 5.41) is 0. The topological polar surface area (TPSA) is 0 Å². The second kappa shape index (κ2) is 8.29. The van der Waals surface area contributed by atoms with Gasteiger partial charge in [0, 0.05) is 0 Å². The molecule has 0 aromatic heterocycles. The molecule has 0 heteroatoms. The van der Waals surface area contributed by atoms with E-state index in [1.54, 1.807) is 0 Å². The van der Waals surface area contributed by atoms with Crippen LogP contribution in [0.3, 0.4) is 0 Å². The van der Waals surface area contributed by atoms with Crippen molar-refractivity contribution in [3.63, 3.8) is 0 Å². The van der Waals surface area contributed by atoms with Crippen molar-refractivity contribution in [2.75, 3.05) is 0 Å². The summed E-state index contributed by atoms with van der Waals surface area (Å²) < 4.78 is 0. The van der Waals surface area contributed by atoms with Gasteiger partial charge in [0.1, 0.15) is 0 Å². The lowest BCUT2D eigenvalue weighted by Gasteiger charge is -2.26. The Morgan fingerprint density at radius 3 is 2.05 bits per heavy atom. The zero-order valence-corrected chi connectivity index (χ0v) is 13.3. The van der Waals surface area contributed by atoms with Gasteiger partial charge in [-0.25, -0.2) is 0 Å². The fraction of sp³-hybridized carbons (Fsp3) is 0.600. The van der Waals surface area contributed by atoms with Gasteiger partial charge < -0.3 is 0 Å². The van der Waals surface area contributed by atoms with Gasteiger partial charge in [0.25, 0.3) is 0 Å². The number of hydrogen-bond acceptors (Lipinski definition) is 0. The standard InChI is InChI=1S/C20H30/c1-3-17-9-13-19(14-10-17)7-5-6-8-20-15-11-18(4-2)12-16-20/h5-6,9-10,13-14,18,20H,3-4,7-8,11-12,15-16H2,1-2H3. The Kier molecular flexibility index (Phi) is 6.36. The summed E-state index contributed by atoms with van der Waals surface area (Å²) in [6, 6.07) is 9.07. The van der Waals surface area contributed by atoms with E-state index >= 15 is 0 Å². The Bertz CT molecular complexity index is 391. The Morgan fingerprint density at radius 2 is 1.45 bits per heavy atom. The van der Waals surface area contributed by atoms with Crippen molar-refractivity contribution in [2.45, 2.75) is 65.2 Å². The van der Waals surface area contributed by atoms with E-state index < -0.39 is 0 Å². The number of aryl methyl sites for hydroxylation is 1. The van der Waals surface area contributed by atoms with E-state index in [4.69, 9.17) is 0 Å². The van der Waals surface area contributed by atoms with E-state index in [1.165, 1.54) is 49.7 Å². The molecule has 0 N–H and O–H groups in total. The first-order valence-corrected chi connectivity index (χ1v) is 8.54. The molecule has 110 valence electrons. The van der Waals surface area contributed by atoms with Gasteiger partial charge in [-0.05, 0) is 55.1 Å². The number of benzene rings is 1. The highest BCUT2D eigenvalue weighted by Crippen LogP contribution is 2.32. The van der Waals surface area contributed by atoms with Crippen LogP contribution in [0, 0.1) is 11.8 Å². The largest absolute Gasteiger partial charge is 0.0879 e. The highest BCUT2D eigenvalue weighted by atomic mass is 14.2. The van der Waals surface area contributed by atoms with E-state index in [2.05, 4.69) is 50.3 Å². The summed E-state index contributed by atoms with van der Waals surface area (Å²) >= 11 is 0. The van der Waals surface area contributed by atoms with E-state index in [-0.39, 0.29) is 0 Å². The first kappa shape index (κ1) is 15.4. The maximum atomic E-state index is 2.42. The van der Waals surface area contributed by atoms with Crippen LogP contribution in [0.5, 0.6) is 0 Å². The van der Waals surface area contributed by atoms with Crippen LogP contribution in [0.4, 0.5) is 0 Å². The SMILES string of the molecule is CCc1ccc(CC=CCC2CCC(CC)CC2)cc1. The molecule has 0 saturated heterocycles. The summed E-state index contributed by atoms with van der Waals surface area (Å²) in [6.45, 7) is 4.55. The first-order valence-electron chi connectivity index (χ1n) is 8.54. The second-order valence-corrected chi connectivity index (χ2v) is 6.38. The molecule has 0 radical (unpaired) electrons. The highest BCUT2D eigenvalue weighted by molar-refractivity contribution is 5.24. The maximum Gasteiger partial charge on any atom is -0.00975 e. The number of allylic oxidation sites excluding steroid dienone is 2. The fourth-order valence-corrected chi connectivity index (χ4v) is 3.29. The molecule has 1 aliphatic carbocycles. The van der Waals surface area contributed by atoms with Crippen LogP contribution in [-0.4, -0.2) is 0 Å². The van der Waals surface area contributed by atoms with Crippen molar-refractivity contribution in [3.8, 4) is 0 Å². The Hall–Kier alpha value is -1.04. The normalized spacial score (nSPS) is 23.3. The predicted molar refractivity (Wildman–Crippen MR) is 89.0 cm³/mol. The molecule has 0 bridgehead atoms. The third-order valence-electron chi connectivity index (χ3n) is 4.96. The first-order chi connectivity index (χ1) is 9.81. The lowest BCUT2D eigenvalue weighted by Crippen LogP contribution is -2.13. The average Bonchev–Trinajstić information content (AvgIpc) is 2.53. The van der Waals surface area contributed by atoms with Crippen molar-refractivity contribution >= 4 is 0 Å². The summed E-state index contributed by atoms with van der Waals surface area (Å²) in [4.78, 5) is 0. The second-order valence-electron chi connectivity index (χ2n) is 6.38. The van der Waals surface area contributed by atoms with Gasteiger partial charge >= 0.3 is 0 Å². The highest BCUT2D eigenvalue weighted by Gasteiger charge is 2.18. The van der Waals surface area contributed by atoms with Crippen molar-refractivity contribution in [1.82, 2.24) is 0 Å². The van der Waals surface area contributed by atoms with E-state index in [1.807, 2.05) is 0 Å². The zero-order chi connectivity index (χ0) is 14.2. The molecule has 0 unspecified atom stereocenters. The van der Waals surface area contributed by atoms with Gasteiger partial charge in [-0.1, -0.05) is 69.5 Å². The summed E-state index contributed by atoms with van der Waals surface area (Å²) in [5.41, 5.74) is 2.87. The summed E-state index contributed by atoms with van der Waals surface area (Å²) in [7, 11) is 0. The molecule has 2 rings (SSSR count). The molecular formula is C20H30. The minimum Gasteiger partial charge on any atom is -0.0879 e. The average molecular weight is 270 g/mol. The third-order valence-corrected chi connectivity index (χ3v) is 4.96. The van der Waals surface area contributed by atoms with Crippen molar-refractivity contribution in [3.05, 3.63) is 47.5 Å². The Labute approximate surface area is 125 Å². The van der Waals surface area contributed by atoms with E-state index in [9.17, 15) is 0 Å². The number of hydrogen-bond donors (Lipinski definition) is 0. The van der Waals surface area contributed by atoms with Crippen LogP contribution >= 0.6 is 0 Å². The predicted octanol–water partition coefficient (Wildman–Crippen LogP) is 5.95. The molecular weight excluding hydrogens is 240 g/mol. The lowest BCUT2D eigenvalue weighted by atomic mass is 9.79. The smallest absolute Gasteiger partial charge is 0.00975 e. The van der Waals surface area contributed by atoms with Gasteiger partial charge in [-0.2, -0.15) is 0 Å². The molecule has 1 aromatic rings. The van der Waals surface area contributed by atoms with Gasteiger partial charge in [0.2, 0.25) is 0 Å². The molecule has 0 spiro atoms. The quantitative estimate of drug-likeness (QED) is 0.560.